The van der Waals surface area contributed by atoms with E-state index in [0.29, 0.717) is 16.9 Å². The number of methoxy groups -OCH3 is 2. The molecule has 0 aliphatic carbocycles. The first-order valence-electron chi connectivity index (χ1n) is 8.10. The number of aliphatic hydroxyl groups is 1. The van der Waals surface area contributed by atoms with Gasteiger partial charge in [-0.3, -0.25) is 0 Å². The molecule has 1 aliphatic heterocycles. The number of esters is 1. The largest absolute Gasteiger partial charge is 0.496 e. The average molecular weight is 342 g/mol. The van der Waals surface area contributed by atoms with Crippen molar-refractivity contribution in [1.82, 2.24) is 0 Å². The zero-order valence-corrected chi connectivity index (χ0v) is 14.6. The lowest BCUT2D eigenvalue weighted by atomic mass is 9.81. The molecule has 1 fully saturated rings. The van der Waals surface area contributed by atoms with Crippen molar-refractivity contribution in [3.8, 4) is 5.75 Å². The third-order valence-electron chi connectivity index (χ3n) is 4.72. The first-order valence-corrected chi connectivity index (χ1v) is 8.10. The van der Waals surface area contributed by atoms with Crippen molar-refractivity contribution in [1.29, 1.82) is 0 Å². The minimum absolute atomic E-state index is 0.0107. The van der Waals surface area contributed by atoms with Gasteiger partial charge in [-0.2, -0.15) is 0 Å². The van der Waals surface area contributed by atoms with Crippen LogP contribution in [0.25, 0.3) is 0 Å². The van der Waals surface area contributed by atoms with E-state index >= 15 is 0 Å². The van der Waals surface area contributed by atoms with Crippen LogP contribution in [0.1, 0.15) is 23.1 Å². The summed E-state index contributed by atoms with van der Waals surface area (Å²) >= 11 is 0. The molecule has 2 atom stereocenters. The van der Waals surface area contributed by atoms with Crippen LogP contribution >= 0.6 is 0 Å². The van der Waals surface area contributed by atoms with Crippen LogP contribution in [0.5, 0.6) is 5.75 Å². The van der Waals surface area contributed by atoms with Crippen molar-refractivity contribution in [3.05, 3.63) is 65.2 Å². The Morgan fingerprint density at radius 3 is 2.52 bits per heavy atom. The van der Waals surface area contributed by atoms with E-state index in [1.165, 1.54) is 14.2 Å². The Kier molecular flexibility index (Phi) is 4.54. The van der Waals surface area contributed by atoms with E-state index in [-0.39, 0.29) is 13.0 Å². The summed E-state index contributed by atoms with van der Waals surface area (Å²) in [6.07, 6.45) is 0.0521. The Morgan fingerprint density at radius 1 is 1.16 bits per heavy atom. The number of carbonyl (C=O) groups is 1. The summed E-state index contributed by atoms with van der Waals surface area (Å²) < 4.78 is 16.4. The van der Waals surface area contributed by atoms with Gasteiger partial charge in [-0.15, -0.1) is 0 Å². The summed E-state index contributed by atoms with van der Waals surface area (Å²) in [5.41, 5.74) is -0.486. The van der Waals surface area contributed by atoms with Gasteiger partial charge in [0.2, 0.25) is 0 Å². The standard InChI is InChI=1S/C20H22O5/c1-14-9-10-17(23-2)16(11-14)20(18(21)24-3)12-19(22,13-25-20)15-7-5-4-6-8-15/h4-11,22H,12-13H2,1-3H3/t19-,20+/m1/s1. The van der Waals surface area contributed by atoms with Crippen LogP contribution in [0.3, 0.4) is 0 Å². The molecule has 2 aromatic rings. The molecule has 1 N–H and O–H groups in total. The molecule has 132 valence electrons. The average Bonchev–Trinajstić information content (AvgIpc) is 3.02. The molecule has 1 saturated heterocycles. The molecule has 0 spiro atoms. The van der Waals surface area contributed by atoms with E-state index in [2.05, 4.69) is 0 Å². The molecule has 0 unspecified atom stereocenters. The number of hydrogen-bond donors (Lipinski definition) is 1. The maximum Gasteiger partial charge on any atom is 0.343 e. The Balaban J connectivity index is 2.12. The normalized spacial score (nSPS) is 25.6. The Labute approximate surface area is 147 Å². The number of rotatable bonds is 4. The van der Waals surface area contributed by atoms with Crippen LogP contribution in [0.4, 0.5) is 0 Å². The first-order chi connectivity index (χ1) is 11.9. The summed E-state index contributed by atoms with van der Waals surface area (Å²) in [7, 11) is 2.85. The number of hydrogen-bond acceptors (Lipinski definition) is 5. The van der Waals surface area contributed by atoms with Gasteiger partial charge in [0.25, 0.3) is 0 Å². The molecular weight excluding hydrogens is 320 g/mol. The molecule has 25 heavy (non-hydrogen) atoms. The first kappa shape index (κ1) is 17.5. The van der Waals surface area contributed by atoms with Gasteiger partial charge >= 0.3 is 5.97 Å². The van der Waals surface area contributed by atoms with Gasteiger partial charge in [0.15, 0.2) is 5.60 Å². The fourth-order valence-corrected chi connectivity index (χ4v) is 3.41. The lowest BCUT2D eigenvalue weighted by Crippen LogP contribution is -2.38. The summed E-state index contributed by atoms with van der Waals surface area (Å²) in [5.74, 6) is -0.0310. The fraction of sp³-hybridized carbons (Fsp3) is 0.350. The summed E-state index contributed by atoms with van der Waals surface area (Å²) in [6, 6.07) is 14.7. The molecule has 1 aliphatic rings. The van der Waals surface area contributed by atoms with Crippen LogP contribution in [-0.2, 0) is 25.5 Å². The minimum atomic E-state index is -1.42. The molecule has 1 heterocycles. The predicted octanol–water partition coefficient (Wildman–Crippen LogP) is 2.68. The molecule has 0 aromatic heterocycles. The quantitative estimate of drug-likeness (QED) is 0.866. The Hall–Kier alpha value is -2.37. The van der Waals surface area contributed by atoms with Crippen molar-refractivity contribution in [3.63, 3.8) is 0 Å². The Bertz CT molecular complexity index is 773. The molecule has 5 heteroatoms. The highest BCUT2D eigenvalue weighted by molar-refractivity contribution is 5.83. The van der Waals surface area contributed by atoms with Gasteiger partial charge in [-0.25, -0.2) is 4.79 Å². The number of ether oxygens (including phenoxy) is 3. The molecule has 2 aromatic carbocycles. The van der Waals surface area contributed by atoms with Gasteiger partial charge in [0.05, 0.1) is 20.8 Å². The highest BCUT2D eigenvalue weighted by atomic mass is 16.6. The fourth-order valence-electron chi connectivity index (χ4n) is 3.41. The van der Waals surface area contributed by atoms with Crippen LogP contribution in [0.15, 0.2) is 48.5 Å². The third kappa shape index (κ3) is 2.90. The van der Waals surface area contributed by atoms with Gasteiger partial charge < -0.3 is 19.3 Å². The van der Waals surface area contributed by atoms with Crippen molar-refractivity contribution < 1.29 is 24.1 Å². The van der Waals surface area contributed by atoms with Crippen LogP contribution in [0.2, 0.25) is 0 Å². The van der Waals surface area contributed by atoms with E-state index in [4.69, 9.17) is 14.2 Å². The summed E-state index contributed by atoms with van der Waals surface area (Å²) in [4.78, 5) is 12.7. The van der Waals surface area contributed by atoms with Crippen LogP contribution in [-0.4, -0.2) is 31.9 Å². The lowest BCUT2D eigenvalue weighted by Gasteiger charge is -2.29. The van der Waals surface area contributed by atoms with Crippen molar-refractivity contribution in [2.75, 3.05) is 20.8 Å². The lowest BCUT2D eigenvalue weighted by molar-refractivity contribution is -0.165. The highest BCUT2D eigenvalue weighted by Gasteiger charge is 2.57. The van der Waals surface area contributed by atoms with E-state index in [9.17, 15) is 9.90 Å². The third-order valence-corrected chi connectivity index (χ3v) is 4.72. The van der Waals surface area contributed by atoms with Gasteiger partial charge in [0.1, 0.15) is 11.4 Å². The monoisotopic (exact) mass is 342 g/mol. The zero-order valence-electron chi connectivity index (χ0n) is 14.6. The van der Waals surface area contributed by atoms with E-state index in [1.807, 2.05) is 49.4 Å². The smallest absolute Gasteiger partial charge is 0.343 e. The highest BCUT2D eigenvalue weighted by Crippen LogP contribution is 2.49. The zero-order chi connectivity index (χ0) is 18.1. The summed E-state index contributed by atoms with van der Waals surface area (Å²) in [6.45, 7) is 1.91. The Morgan fingerprint density at radius 2 is 1.88 bits per heavy atom. The van der Waals surface area contributed by atoms with Crippen LogP contribution in [0, 0.1) is 6.92 Å². The molecule has 0 radical (unpaired) electrons. The van der Waals surface area contributed by atoms with Crippen molar-refractivity contribution in [2.45, 2.75) is 24.5 Å². The second kappa shape index (κ2) is 6.50. The van der Waals surface area contributed by atoms with Crippen molar-refractivity contribution >= 4 is 5.97 Å². The number of aryl methyl sites for hydroxylation is 1. The molecule has 0 bridgehead atoms. The van der Waals surface area contributed by atoms with Crippen molar-refractivity contribution in [2.24, 2.45) is 0 Å². The van der Waals surface area contributed by atoms with E-state index in [1.54, 1.807) is 6.07 Å². The molecule has 5 nitrogen and oxygen atoms in total. The maximum atomic E-state index is 12.7. The number of carbonyl (C=O) groups excluding carboxylic acids is 1. The van der Waals surface area contributed by atoms with Crippen LogP contribution < -0.4 is 4.74 Å². The second-order valence-corrected chi connectivity index (χ2v) is 6.39. The maximum absolute atomic E-state index is 12.7. The SMILES string of the molecule is COC(=O)[C@@]1(c2cc(C)ccc2OC)C[C@](O)(c2ccccc2)CO1. The molecular formula is C20H22O5. The van der Waals surface area contributed by atoms with Gasteiger partial charge in [-0.1, -0.05) is 42.0 Å². The van der Waals surface area contributed by atoms with E-state index < -0.39 is 17.2 Å². The topological polar surface area (TPSA) is 65.0 Å². The second-order valence-electron chi connectivity index (χ2n) is 6.39. The number of benzene rings is 2. The van der Waals surface area contributed by atoms with Gasteiger partial charge in [-0.05, 0) is 24.6 Å². The molecule has 0 saturated carbocycles. The molecule has 0 amide bonds. The minimum Gasteiger partial charge on any atom is -0.496 e. The molecule has 3 rings (SSSR count). The van der Waals surface area contributed by atoms with Gasteiger partial charge in [0, 0.05) is 12.0 Å². The summed E-state index contributed by atoms with van der Waals surface area (Å²) in [5, 5.41) is 11.2. The predicted molar refractivity (Wildman–Crippen MR) is 92.3 cm³/mol. The van der Waals surface area contributed by atoms with E-state index in [0.717, 1.165) is 5.56 Å².